The molecule has 0 unspecified atom stereocenters. The van der Waals surface area contributed by atoms with Crippen LogP contribution in [-0.2, 0) is 28.4 Å². The minimum atomic E-state index is -3.76. The van der Waals surface area contributed by atoms with Crippen LogP contribution in [0.3, 0.4) is 0 Å². The van der Waals surface area contributed by atoms with Gasteiger partial charge in [0.1, 0.15) is 4.90 Å². The van der Waals surface area contributed by atoms with E-state index in [2.05, 4.69) is 16.7 Å². The van der Waals surface area contributed by atoms with Crippen molar-refractivity contribution in [1.82, 2.24) is 9.78 Å². The zero-order valence-electron chi connectivity index (χ0n) is 18.2. The van der Waals surface area contributed by atoms with Crippen molar-refractivity contribution in [3.63, 3.8) is 0 Å². The van der Waals surface area contributed by atoms with E-state index in [0.717, 1.165) is 24.8 Å². The third-order valence-electron chi connectivity index (χ3n) is 4.94. The highest BCUT2D eigenvalue weighted by Gasteiger charge is 2.30. The molecule has 0 fully saturated rings. The molecule has 1 heterocycles. The lowest BCUT2D eigenvalue weighted by Crippen LogP contribution is -2.20. The van der Waals surface area contributed by atoms with Gasteiger partial charge in [-0.05, 0) is 36.1 Å². The van der Waals surface area contributed by atoms with Crippen molar-refractivity contribution in [2.24, 2.45) is 0 Å². The molecule has 160 valence electrons. The lowest BCUT2D eigenvalue weighted by molar-refractivity contribution is 0.533. The minimum Gasteiger partial charge on any atom is -0.280 e. The quantitative estimate of drug-likeness (QED) is 0.527. The fourth-order valence-electron chi connectivity index (χ4n) is 3.30. The van der Waals surface area contributed by atoms with Crippen molar-refractivity contribution < 1.29 is 8.42 Å². The van der Waals surface area contributed by atoms with Crippen LogP contribution in [0, 0.1) is 0 Å². The highest BCUT2D eigenvalue weighted by Crippen LogP contribution is 2.29. The van der Waals surface area contributed by atoms with Gasteiger partial charge in [0.25, 0.3) is 10.0 Å². The number of anilines is 1. The molecule has 0 aliphatic heterocycles. The van der Waals surface area contributed by atoms with Gasteiger partial charge in [-0.25, -0.2) is 8.42 Å². The molecule has 0 aliphatic carbocycles. The Bertz CT molecular complexity index is 1060. The average Bonchev–Trinajstić information content (AvgIpc) is 3.13. The van der Waals surface area contributed by atoms with Crippen molar-refractivity contribution in [3.8, 4) is 0 Å². The maximum absolute atomic E-state index is 13.2. The topological polar surface area (TPSA) is 64.0 Å². The van der Waals surface area contributed by atoms with Crippen molar-refractivity contribution in [2.45, 2.75) is 63.8 Å². The van der Waals surface area contributed by atoms with E-state index in [-0.39, 0.29) is 4.90 Å². The molecule has 0 aliphatic rings. The molecule has 0 amide bonds. The molecule has 3 rings (SSSR count). The van der Waals surface area contributed by atoms with Crippen LogP contribution >= 0.6 is 0 Å². The van der Waals surface area contributed by atoms with Gasteiger partial charge in [-0.1, -0.05) is 76.6 Å². The first-order valence-corrected chi connectivity index (χ1v) is 11.9. The Balaban J connectivity index is 1.88. The van der Waals surface area contributed by atoms with E-state index >= 15 is 0 Å². The van der Waals surface area contributed by atoms with Crippen LogP contribution in [0.15, 0.2) is 65.7 Å². The standard InChI is InChI=1S/C24H31N3O2S/c1-5-6-10-19-13-15-21(16-14-19)26-30(28,29)22-18-27(25-23(22)24(2,3)4)17-20-11-8-7-9-12-20/h7-9,11-16,18,26H,5-6,10,17H2,1-4H3. The van der Waals surface area contributed by atoms with Crippen LogP contribution < -0.4 is 4.72 Å². The van der Waals surface area contributed by atoms with Gasteiger partial charge in [-0.2, -0.15) is 5.10 Å². The van der Waals surface area contributed by atoms with Crippen molar-refractivity contribution in [1.29, 1.82) is 0 Å². The first-order chi connectivity index (χ1) is 14.2. The second kappa shape index (κ2) is 9.04. The largest absolute Gasteiger partial charge is 0.280 e. The molecule has 0 bridgehead atoms. The number of unbranched alkanes of at least 4 members (excludes halogenated alkanes) is 1. The van der Waals surface area contributed by atoms with Gasteiger partial charge in [0.15, 0.2) is 0 Å². The minimum absolute atomic E-state index is 0.223. The number of aryl methyl sites for hydroxylation is 1. The molecule has 1 N–H and O–H groups in total. The van der Waals surface area contributed by atoms with Crippen LogP contribution in [0.5, 0.6) is 0 Å². The molecule has 0 atom stereocenters. The smallest absolute Gasteiger partial charge is 0.265 e. The van der Waals surface area contributed by atoms with E-state index in [4.69, 9.17) is 0 Å². The van der Waals surface area contributed by atoms with Crippen LogP contribution in [0.2, 0.25) is 0 Å². The molecule has 1 aromatic heterocycles. The Morgan fingerprint density at radius 2 is 1.63 bits per heavy atom. The fourth-order valence-corrected chi connectivity index (χ4v) is 4.72. The van der Waals surface area contributed by atoms with Crippen LogP contribution in [0.1, 0.15) is 57.4 Å². The highest BCUT2D eigenvalue weighted by molar-refractivity contribution is 7.92. The molecular formula is C24H31N3O2S. The first kappa shape index (κ1) is 22.1. The van der Waals surface area contributed by atoms with Crippen LogP contribution in [0.25, 0.3) is 0 Å². The van der Waals surface area contributed by atoms with Gasteiger partial charge in [-0.15, -0.1) is 0 Å². The molecule has 0 saturated heterocycles. The van der Waals surface area contributed by atoms with Gasteiger partial charge < -0.3 is 0 Å². The molecule has 3 aromatic rings. The number of aromatic nitrogens is 2. The predicted octanol–water partition coefficient (Wildman–Crippen LogP) is 5.37. The number of benzene rings is 2. The number of nitrogens with zero attached hydrogens (tertiary/aromatic N) is 2. The summed E-state index contributed by atoms with van der Waals surface area (Å²) in [5.41, 5.74) is 3.00. The number of nitrogens with one attached hydrogen (secondary N) is 1. The number of rotatable bonds is 8. The van der Waals surface area contributed by atoms with E-state index in [0.29, 0.717) is 17.9 Å². The second-order valence-electron chi connectivity index (χ2n) is 8.68. The molecule has 5 nitrogen and oxygen atoms in total. The highest BCUT2D eigenvalue weighted by atomic mass is 32.2. The molecular weight excluding hydrogens is 394 g/mol. The van der Waals surface area contributed by atoms with Gasteiger partial charge in [0.05, 0.1) is 12.2 Å². The van der Waals surface area contributed by atoms with Crippen molar-refractivity contribution in [3.05, 3.63) is 77.6 Å². The molecule has 30 heavy (non-hydrogen) atoms. The molecule has 0 radical (unpaired) electrons. The summed E-state index contributed by atoms with van der Waals surface area (Å²) >= 11 is 0. The Hall–Kier alpha value is -2.60. The summed E-state index contributed by atoms with van der Waals surface area (Å²) in [6.07, 6.45) is 4.90. The van der Waals surface area contributed by atoms with E-state index in [9.17, 15) is 8.42 Å². The van der Waals surface area contributed by atoms with E-state index in [1.807, 2.05) is 75.4 Å². The average molecular weight is 426 g/mol. The van der Waals surface area contributed by atoms with Crippen molar-refractivity contribution >= 4 is 15.7 Å². The summed E-state index contributed by atoms with van der Waals surface area (Å²) in [4.78, 5) is 0.223. The zero-order valence-corrected chi connectivity index (χ0v) is 19.0. The fraction of sp³-hybridized carbons (Fsp3) is 0.375. The summed E-state index contributed by atoms with van der Waals surface area (Å²) in [6, 6.07) is 17.5. The summed E-state index contributed by atoms with van der Waals surface area (Å²) in [7, 11) is -3.76. The Labute approximate surface area is 180 Å². The zero-order chi connectivity index (χ0) is 21.8. The van der Waals surface area contributed by atoms with Gasteiger partial charge in [-0.3, -0.25) is 9.40 Å². The van der Waals surface area contributed by atoms with Gasteiger partial charge in [0.2, 0.25) is 0 Å². The van der Waals surface area contributed by atoms with Crippen molar-refractivity contribution in [2.75, 3.05) is 4.72 Å². The number of sulfonamides is 1. The van der Waals surface area contributed by atoms with Crippen LogP contribution in [0.4, 0.5) is 5.69 Å². The van der Waals surface area contributed by atoms with E-state index in [1.54, 1.807) is 10.9 Å². The number of hydrogen-bond acceptors (Lipinski definition) is 3. The van der Waals surface area contributed by atoms with E-state index < -0.39 is 15.4 Å². The summed E-state index contributed by atoms with van der Waals surface area (Å²) in [6.45, 7) is 8.61. The van der Waals surface area contributed by atoms with Crippen LogP contribution in [-0.4, -0.2) is 18.2 Å². The van der Waals surface area contributed by atoms with E-state index in [1.165, 1.54) is 5.56 Å². The third kappa shape index (κ3) is 5.51. The third-order valence-corrected chi connectivity index (χ3v) is 6.32. The maximum atomic E-state index is 13.2. The predicted molar refractivity (Wildman–Crippen MR) is 122 cm³/mol. The second-order valence-corrected chi connectivity index (χ2v) is 10.3. The first-order valence-electron chi connectivity index (χ1n) is 10.4. The molecule has 0 spiro atoms. The molecule has 6 heteroatoms. The molecule has 0 saturated carbocycles. The molecule has 2 aromatic carbocycles. The van der Waals surface area contributed by atoms with Gasteiger partial charge >= 0.3 is 0 Å². The lowest BCUT2D eigenvalue weighted by atomic mass is 9.92. The Morgan fingerprint density at radius 1 is 0.967 bits per heavy atom. The summed E-state index contributed by atoms with van der Waals surface area (Å²) in [5.74, 6) is 0. The summed E-state index contributed by atoms with van der Waals surface area (Å²) in [5, 5.41) is 4.63. The maximum Gasteiger partial charge on any atom is 0.265 e. The lowest BCUT2D eigenvalue weighted by Gasteiger charge is -2.18. The Kier molecular flexibility index (Phi) is 6.66. The Morgan fingerprint density at radius 3 is 2.23 bits per heavy atom. The monoisotopic (exact) mass is 425 g/mol. The number of hydrogen-bond donors (Lipinski definition) is 1. The SMILES string of the molecule is CCCCc1ccc(NS(=O)(=O)c2cn(Cc3ccccc3)nc2C(C)(C)C)cc1. The normalized spacial score (nSPS) is 12.1. The van der Waals surface area contributed by atoms with Gasteiger partial charge in [0, 0.05) is 17.3 Å². The summed E-state index contributed by atoms with van der Waals surface area (Å²) < 4.78 is 30.9.